The van der Waals surface area contributed by atoms with Gasteiger partial charge in [0.2, 0.25) is 0 Å². The summed E-state index contributed by atoms with van der Waals surface area (Å²) in [7, 11) is 0. The van der Waals surface area contributed by atoms with Gasteiger partial charge in [0.15, 0.2) is 0 Å². The van der Waals surface area contributed by atoms with Crippen molar-refractivity contribution >= 4 is 0 Å². The van der Waals surface area contributed by atoms with Crippen LogP contribution in [0.15, 0.2) is 59.2 Å². The molecule has 0 radical (unpaired) electrons. The Morgan fingerprint density at radius 3 is 1.56 bits per heavy atom. The van der Waals surface area contributed by atoms with Gasteiger partial charge in [-0.25, -0.2) is 0 Å². The van der Waals surface area contributed by atoms with Gasteiger partial charge in [0.1, 0.15) is 17.3 Å². The molecule has 0 aliphatic rings. The van der Waals surface area contributed by atoms with Gasteiger partial charge in [-0.15, -0.1) is 10.1 Å². The Labute approximate surface area is 192 Å². The van der Waals surface area contributed by atoms with Crippen LogP contribution in [0.4, 0.5) is 0 Å². The second-order valence-corrected chi connectivity index (χ2v) is 7.90. The van der Waals surface area contributed by atoms with Crippen molar-refractivity contribution in [2.45, 2.75) is 47.5 Å². The van der Waals surface area contributed by atoms with Gasteiger partial charge >= 0.3 is 0 Å². The zero-order chi connectivity index (χ0) is 23.1. The molecule has 2 aromatic carbocycles. The van der Waals surface area contributed by atoms with Gasteiger partial charge in [0.05, 0.1) is 12.2 Å². The Morgan fingerprint density at radius 2 is 1.19 bits per heavy atom. The fourth-order valence-corrected chi connectivity index (χ4v) is 3.91. The Balaban J connectivity index is 2.08. The molecule has 1 aromatic heterocycles. The highest BCUT2D eigenvalue weighted by Gasteiger charge is 2.24. The van der Waals surface area contributed by atoms with E-state index in [0.717, 1.165) is 54.6 Å². The number of hydroxylamine groups is 4. The van der Waals surface area contributed by atoms with Crippen molar-refractivity contribution in [3.05, 3.63) is 82.8 Å². The molecule has 1 heterocycles. The minimum Gasteiger partial charge on any atom is -0.468 e. The van der Waals surface area contributed by atoms with E-state index >= 15 is 0 Å². The minimum atomic E-state index is -0.0643. The van der Waals surface area contributed by atoms with Crippen LogP contribution in [-0.4, -0.2) is 36.3 Å². The smallest absolute Gasteiger partial charge is 0.147 e. The predicted octanol–water partition coefficient (Wildman–Crippen LogP) is 6.35. The molecule has 0 amide bonds. The molecule has 0 N–H and O–H groups in total. The quantitative estimate of drug-likeness (QED) is 0.328. The standard InChI is InChI=1S/C27H36N2O3/c1-7-28(8-2)31-22-15-13-20(5)24(18-22)27(26-12-11-17-30-26)25-19-23(16-14-21(25)6)32-29(9-3)10-4/h11-19,27H,7-10H2,1-6H3. The summed E-state index contributed by atoms with van der Waals surface area (Å²) in [5.41, 5.74) is 4.70. The maximum atomic E-state index is 6.12. The predicted molar refractivity (Wildman–Crippen MR) is 129 cm³/mol. The highest BCUT2D eigenvalue weighted by molar-refractivity contribution is 5.50. The third-order valence-electron chi connectivity index (χ3n) is 5.83. The van der Waals surface area contributed by atoms with Gasteiger partial charge in [-0.05, 0) is 100 Å². The van der Waals surface area contributed by atoms with Gasteiger partial charge in [0, 0.05) is 26.2 Å². The van der Waals surface area contributed by atoms with Gasteiger partial charge in [-0.2, -0.15) is 0 Å². The van der Waals surface area contributed by atoms with Crippen LogP contribution < -0.4 is 9.68 Å². The molecule has 0 unspecified atom stereocenters. The summed E-state index contributed by atoms with van der Waals surface area (Å²) in [6.07, 6.45) is 1.74. The third kappa shape index (κ3) is 5.53. The number of hydrogen-bond acceptors (Lipinski definition) is 5. The Morgan fingerprint density at radius 1 is 0.719 bits per heavy atom. The van der Waals surface area contributed by atoms with Crippen LogP contribution in [0.2, 0.25) is 0 Å². The van der Waals surface area contributed by atoms with E-state index in [4.69, 9.17) is 14.1 Å². The van der Waals surface area contributed by atoms with E-state index < -0.39 is 0 Å². The lowest BCUT2D eigenvalue weighted by Crippen LogP contribution is -2.27. The number of hydrogen-bond donors (Lipinski definition) is 0. The van der Waals surface area contributed by atoms with Gasteiger partial charge < -0.3 is 14.1 Å². The first-order valence-electron chi connectivity index (χ1n) is 11.6. The average Bonchev–Trinajstić information content (AvgIpc) is 3.34. The Bertz CT molecular complexity index is 913. The summed E-state index contributed by atoms with van der Waals surface area (Å²) in [5, 5.41) is 3.89. The summed E-state index contributed by atoms with van der Waals surface area (Å²) in [6, 6.07) is 16.6. The lowest BCUT2D eigenvalue weighted by atomic mass is 9.84. The van der Waals surface area contributed by atoms with E-state index in [2.05, 4.69) is 65.8 Å². The van der Waals surface area contributed by atoms with Crippen molar-refractivity contribution in [2.75, 3.05) is 26.2 Å². The molecule has 0 bridgehead atoms. The summed E-state index contributed by atoms with van der Waals surface area (Å²) < 4.78 is 5.94. The topological polar surface area (TPSA) is 38.1 Å². The van der Waals surface area contributed by atoms with E-state index in [1.165, 1.54) is 11.1 Å². The molecule has 0 atom stereocenters. The van der Waals surface area contributed by atoms with Crippen LogP contribution in [0.5, 0.6) is 11.5 Å². The Kier molecular flexibility index (Phi) is 8.37. The van der Waals surface area contributed by atoms with Crippen LogP contribution >= 0.6 is 0 Å². The summed E-state index contributed by atoms with van der Waals surface area (Å²) in [4.78, 5) is 12.2. The molecule has 3 rings (SSSR count). The molecular formula is C27H36N2O3. The second-order valence-electron chi connectivity index (χ2n) is 7.90. The van der Waals surface area contributed by atoms with Crippen LogP contribution in [0.1, 0.15) is 61.6 Å². The molecule has 5 nitrogen and oxygen atoms in total. The second kappa shape index (κ2) is 11.2. The molecule has 3 aromatic rings. The summed E-state index contributed by atoms with van der Waals surface area (Å²) in [5.74, 6) is 2.50. The Hall–Kier alpha value is -2.76. The molecule has 0 fully saturated rings. The maximum absolute atomic E-state index is 6.12. The number of benzene rings is 2. The van der Waals surface area contributed by atoms with Gasteiger partial charge in [0.25, 0.3) is 0 Å². The van der Waals surface area contributed by atoms with Crippen LogP contribution in [-0.2, 0) is 0 Å². The van der Waals surface area contributed by atoms with Gasteiger partial charge in [-0.3, -0.25) is 0 Å². The minimum absolute atomic E-state index is 0.0643. The van der Waals surface area contributed by atoms with Crippen molar-refractivity contribution in [3.8, 4) is 11.5 Å². The largest absolute Gasteiger partial charge is 0.468 e. The molecular weight excluding hydrogens is 400 g/mol. The number of nitrogens with zero attached hydrogens (tertiary/aromatic N) is 2. The number of furan rings is 1. The van der Waals surface area contributed by atoms with Gasteiger partial charge in [-0.1, -0.05) is 12.1 Å². The highest BCUT2D eigenvalue weighted by Crippen LogP contribution is 2.39. The van der Waals surface area contributed by atoms with Crippen molar-refractivity contribution in [1.82, 2.24) is 10.1 Å². The first kappa shape index (κ1) is 23.9. The molecule has 0 saturated heterocycles. The van der Waals surface area contributed by atoms with E-state index in [9.17, 15) is 0 Å². The van der Waals surface area contributed by atoms with Crippen molar-refractivity contribution in [3.63, 3.8) is 0 Å². The van der Waals surface area contributed by atoms with E-state index in [-0.39, 0.29) is 5.92 Å². The van der Waals surface area contributed by atoms with Crippen LogP contribution in [0.25, 0.3) is 0 Å². The van der Waals surface area contributed by atoms with E-state index in [0.29, 0.717) is 0 Å². The first-order chi connectivity index (χ1) is 15.5. The zero-order valence-electron chi connectivity index (χ0n) is 20.2. The van der Waals surface area contributed by atoms with E-state index in [1.807, 2.05) is 34.4 Å². The molecule has 0 saturated carbocycles. The molecule has 5 heteroatoms. The molecule has 172 valence electrons. The van der Waals surface area contributed by atoms with Crippen molar-refractivity contribution in [1.29, 1.82) is 0 Å². The molecule has 32 heavy (non-hydrogen) atoms. The summed E-state index contributed by atoms with van der Waals surface area (Å²) >= 11 is 0. The zero-order valence-corrected chi connectivity index (χ0v) is 20.2. The maximum Gasteiger partial charge on any atom is 0.147 e. The molecule has 0 aliphatic carbocycles. The molecule has 0 aliphatic heterocycles. The van der Waals surface area contributed by atoms with Crippen LogP contribution in [0, 0.1) is 13.8 Å². The first-order valence-corrected chi connectivity index (χ1v) is 11.6. The van der Waals surface area contributed by atoms with Crippen LogP contribution in [0.3, 0.4) is 0 Å². The SMILES string of the molecule is CCN(CC)Oc1ccc(C)c(C(c2ccco2)c2cc(ON(CC)CC)ccc2C)c1. The van der Waals surface area contributed by atoms with Crippen molar-refractivity contribution < 1.29 is 14.1 Å². The summed E-state index contributed by atoms with van der Waals surface area (Å²) in [6.45, 7) is 15.9. The number of rotatable bonds is 11. The lowest BCUT2D eigenvalue weighted by molar-refractivity contribution is -0.0487. The third-order valence-corrected chi connectivity index (χ3v) is 5.83. The average molecular weight is 437 g/mol. The normalized spacial score (nSPS) is 11.5. The monoisotopic (exact) mass is 436 g/mol. The fraction of sp³-hybridized carbons (Fsp3) is 0.407. The fourth-order valence-electron chi connectivity index (χ4n) is 3.91. The highest BCUT2D eigenvalue weighted by atomic mass is 16.7. The lowest BCUT2D eigenvalue weighted by Gasteiger charge is -2.24. The number of aryl methyl sites for hydroxylation is 2. The van der Waals surface area contributed by atoms with E-state index in [1.54, 1.807) is 6.26 Å². The molecule has 0 spiro atoms. The van der Waals surface area contributed by atoms with Crippen molar-refractivity contribution in [2.24, 2.45) is 0 Å².